The van der Waals surface area contributed by atoms with E-state index >= 15 is 0 Å². The summed E-state index contributed by atoms with van der Waals surface area (Å²) in [5.74, 6) is 4.15. The number of hydrogen-bond acceptors (Lipinski definition) is 1. The molecule has 0 saturated heterocycles. The summed E-state index contributed by atoms with van der Waals surface area (Å²) >= 11 is 0. The van der Waals surface area contributed by atoms with Crippen LogP contribution in [0.2, 0.25) is 0 Å². The van der Waals surface area contributed by atoms with Crippen LogP contribution in [0.5, 0.6) is 0 Å². The third-order valence-electron chi connectivity index (χ3n) is 9.09. The highest BCUT2D eigenvalue weighted by atomic mass is 16.3. The van der Waals surface area contributed by atoms with Gasteiger partial charge in [0.25, 0.3) is 0 Å². The lowest BCUT2D eigenvalue weighted by atomic mass is 9.44. The van der Waals surface area contributed by atoms with Crippen LogP contribution < -0.4 is 0 Å². The summed E-state index contributed by atoms with van der Waals surface area (Å²) in [7, 11) is 0. The van der Waals surface area contributed by atoms with Crippen molar-refractivity contribution in [1.82, 2.24) is 0 Å². The number of allylic oxidation sites excluding steroid dienone is 1. The SMILES string of the molecule is C=CCC1C[C@@]2(C)C(CC[C@@H]3[C@H]2CC[C@]2(C)CCC[C@@H]32)CC1O. The third kappa shape index (κ3) is 2.36. The van der Waals surface area contributed by atoms with E-state index in [1.54, 1.807) is 0 Å². The molecule has 4 fully saturated rings. The van der Waals surface area contributed by atoms with Crippen LogP contribution in [-0.2, 0) is 0 Å². The second-order valence-electron chi connectivity index (χ2n) is 10.0. The van der Waals surface area contributed by atoms with Crippen LogP contribution in [0.15, 0.2) is 12.7 Å². The maximum Gasteiger partial charge on any atom is 0.0574 e. The van der Waals surface area contributed by atoms with Gasteiger partial charge in [0.05, 0.1) is 6.10 Å². The number of rotatable bonds is 2. The summed E-state index contributed by atoms with van der Waals surface area (Å²) in [6, 6.07) is 0. The summed E-state index contributed by atoms with van der Waals surface area (Å²) in [5.41, 5.74) is 1.15. The van der Waals surface area contributed by atoms with Crippen LogP contribution >= 0.6 is 0 Å². The van der Waals surface area contributed by atoms with Crippen molar-refractivity contribution in [2.45, 2.75) is 84.2 Å². The lowest BCUT2D eigenvalue weighted by Crippen LogP contribution is -2.55. The first-order valence-corrected chi connectivity index (χ1v) is 10.3. The topological polar surface area (TPSA) is 20.2 Å². The molecule has 0 spiro atoms. The maximum absolute atomic E-state index is 10.6. The largest absolute Gasteiger partial charge is 0.393 e. The van der Waals surface area contributed by atoms with E-state index in [4.69, 9.17) is 0 Å². The third-order valence-corrected chi connectivity index (χ3v) is 9.09. The lowest BCUT2D eigenvalue weighted by Gasteiger charge is -2.61. The number of fused-ring (bicyclic) bond motifs is 5. The molecule has 4 aliphatic carbocycles. The van der Waals surface area contributed by atoms with E-state index in [9.17, 15) is 5.11 Å². The summed E-state index contributed by atoms with van der Waals surface area (Å²) in [5, 5.41) is 10.6. The quantitative estimate of drug-likeness (QED) is 0.659. The van der Waals surface area contributed by atoms with E-state index < -0.39 is 0 Å². The highest BCUT2D eigenvalue weighted by Crippen LogP contribution is 2.66. The van der Waals surface area contributed by atoms with Crippen LogP contribution in [0.25, 0.3) is 0 Å². The number of hydrogen-bond donors (Lipinski definition) is 1. The fourth-order valence-corrected chi connectivity index (χ4v) is 7.87. The Morgan fingerprint density at radius 2 is 1.91 bits per heavy atom. The molecule has 23 heavy (non-hydrogen) atoms. The molecule has 4 aliphatic rings. The van der Waals surface area contributed by atoms with E-state index in [0.29, 0.717) is 16.7 Å². The summed E-state index contributed by atoms with van der Waals surface area (Å²) in [4.78, 5) is 0. The Morgan fingerprint density at radius 1 is 1.09 bits per heavy atom. The average molecular weight is 317 g/mol. The van der Waals surface area contributed by atoms with E-state index in [0.717, 1.165) is 36.5 Å². The standard InChI is InChI=1S/C22H36O/c1-4-6-15-14-22(3)16(13-20(15)23)8-9-17-18-7-5-11-21(18,2)12-10-19(17)22/h4,15-20,23H,1,5-14H2,2-3H3/t15?,16?,17-,18-,19+,20?,21-,22-/m0/s1. The lowest BCUT2D eigenvalue weighted by molar-refractivity contribution is -0.137. The second-order valence-corrected chi connectivity index (χ2v) is 10.0. The van der Waals surface area contributed by atoms with E-state index in [1.807, 2.05) is 6.08 Å². The molecular formula is C22H36O. The molecule has 0 aromatic rings. The Labute approximate surface area is 142 Å². The molecular weight excluding hydrogens is 280 g/mol. The Bertz CT molecular complexity index is 471. The van der Waals surface area contributed by atoms with Crippen LogP contribution in [-0.4, -0.2) is 11.2 Å². The smallest absolute Gasteiger partial charge is 0.0574 e. The molecule has 1 heteroatoms. The molecule has 0 aliphatic heterocycles. The molecule has 4 saturated carbocycles. The van der Waals surface area contributed by atoms with E-state index in [1.165, 1.54) is 51.4 Å². The van der Waals surface area contributed by atoms with Crippen molar-refractivity contribution in [1.29, 1.82) is 0 Å². The zero-order valence-electron chi connectivity index (χ0n) is 15.3. The molecule has 0 aromatic heterocycles. The zero-order valence-corrected chi connectivity index (χ0v) is 15.3. The van der Waals surface area contributed by atoms with E-state index in [-0.39, 0.29) is 6.10 Å². The van der Waals surface area contributed by atoms with Crippen LogP contribution in [0.4, 0.5) is 0 Å². The van der Waals surface area contributed by atoms with Gasteiger partial charge < -0.3 is 5.11 Å². The van der Waals surface area contributed by atoms with Gasteiger partial charge in [-0.15, -0.1) is 6.58 Å². The molecule has 0 heterocycles. The van der Waals surface area contributed by atoms with Crippen molar-refractivity contribution in [3.63, 3.8) is 0 Å². The predicted molar refractivity (Wildman–Crippen MR) is 96.0 cm³/mol. The van der Waals surface area contributed by atoms with Gasteiger partial charge in [0.1, 0.15) is 0 Å². The molecule has 1 N–H and O–H groups in total. The summed E-state index contributed by atoms with van der Waals surface area (Å²) in [6.07, 6.45) is 15.5. The first-order chi connectivity index (χ1) is 11.0. The minimum atomic E-state index is -0.0806. The van der Waals surface area contributed by atoms with Crippen LogP contribution in [0, 0.1) is 40.4 Å². The van der Waals surface area contributed by atoms with Crippen molar-refractivity contribution in [3.05, 3.63) is 12.7 Å². The molecule has 0 bridgehead atoms. The average Bonchev–Trinajstić information content (AvgIpc) is 2.91. The van der Waals surface area contributed by atoms with Crippen molar-refractivity contribution < 1.29 is 5.11 Å². The number of aliphatic hydroxyl groups excluding tert-OH is 1. The summed E-state index contributed by atoms with van der Waals surface area (Å²) in [6.45, 7) is 9.14. The van der Waals surface area contributed by atoms with Gasteiger partial charge in [0, 0.05) is 0 Å². The van der Waals surface area contributed by atoms with Crippen molar-refractivity contribution in [2.24, 2.45) is 40.4 Å². The molecule has 0 amide bonds. The maximum atomic E-state index is 10.6. The second kappa shape index (κ2) is 5.61. The molecule has 0 radical (unpaired) electrons. The Balaban J connectivity index is 1.61. The van der Waals surface area contributed by atoms with Gasteiger partial charge >= 0.3 is 0 Å². The molecule has 4 rings (SSSR count). The van der Waals surface area contributed by atoms with Gasteiger partial charge in [-0.1, -0.05) is 26.3 Å². The number of aliphatic hydroxyl groups is 1. The van der Waals surface area contributed by atoms with Crippen molar-refractivity contribution in [2.75, 3.05) is 0 Å². The Morgan fingerprint density at radius 3 is 2.70 bits per heavy atom. The summed E-state index contributed by atoms with van der Waals surface area (Å²) < 4.78 is 0. The van der Waals surface area contributed by atoms with Gasteiger partial charge in [-0.25, -0.2) is 0 Å². The molecule has 8 atom stereocenters. The van der Waals surface area contributed by atoms with Crippen molar-refractivity contribution in [3.8, 4) is 0 Å². The molecule has 0 aromatic carbocycles. The highest BCUT2D eigenvalue weighted by molar-refractivity contribution is 5.08. The zero-order chi connectivity index (χ0) is 16.2. The minimum absolute atomic E-state index is 0.0806. The highest BCUT2D eigenvalue weighted by Gasteiger charge is 2.58. The Hall–Kier alpha value is -0.300. The van der Waals surface area contributed by atoms with Gasteiger partial charge in [-0.3, -0.25) is 0 Å². The monoisotopic (exact) mass is 316 g/mol. The van der Waals surface area contributed by atoms with Crippen molar-refractivity contribution >= 4 is 0 Å². The molecule has 3 unspecified atom stereocenters. The van der Waals surface area contributed by atoms with Gasteiger partial charge in [0.2, 0.25) is 0 Å². The fraction of sp³-hybridized carbons (Fsp3) is 0.909. The fourth-order valence-electron chi connectivity index (χ4n) is 7.87. The first-order valence-electron chi connectivity index (χ1n) is 10.3. The van der Waals surface area contributed by atoms with Crippen LogP contribution in [0.1, 0.15) is 78.1 Å². The minimum Gasteiger partial charge on any atom is -0.393 e. The molecule has 1 nitrogen and oxygen atoms in total. The first kappa shape index (κ1) is 16.2. The van der Waals surface area contributed by atoms with Crippen LogP contribution in [0.3, 0.4) is 0 Å². The normalized spacial score (nSPS) is 55.6. The van der Waals surface area contributed by atoms with Gasteiger partial charge in [0.15, 0.2) is 0 Å². The predicted octanol–water partition coefficient (Wildman–Crippen LogP) is 5.58. The Kier molecular flexibility index (Phi) is 3.95. The molecule has 130 valence electrons. The van der Waals surface area contributed by atoms with Gasteiger partial charge in [-0.2, -0.15) is 0 Å². The van der Waals surface area contributed by atoms with E-state index in [2.05, 4.69) is 20.4 Å². The van der Waals surface area contributed by atoms with Gasteiger partial charge in [-0.05, 0) is 98.2 Å².